The second-order valence-electron chi connectivity index (χ2n) is 5.06. The van der Waals surface area contributed by atoms with E-state index in [2.05, 4.69) is 10.1 Å². The van der Waals surface area contributed by atoms with Gasteiger partial charge in [0.25, 0.3) is 0 Å². The SMILES string of the molecule is CC[C@H](CC(=O)NO)C(=O)N[C@@H](CC(C)C)C(=O)OC. The molecular formula is C13H24N2O5. The zero-order chi connectivity index (χ0) is 15.7. The van der Waals surface area contributed by atoms with Crippen molar-refractivity contribution in [1.82, 2.24) is 10.8 Å². The van der Waals surface area contributed by atoms with Crippen molar-refractivity contribution in [2.24, 2.45) is 11.8 Å². The van der Waals surface area contributed by atoms with E-state index in [1.54, 1.807) is 6.92 Å². The van der Waals surface area contributed by atoms with Crippen molar-refractivity contribution in [3.05, 3.63) is 0 Å². The fraction of sp³-hybridized carbons (Fsp3) is 0.769. The van der Waals surface area contributed by atoms with Crippen molar-refractivity contribution in [3.8, 4) is 0 Å². The van der Waals surface area contributed by atoms with Crippen LogP contribution in [0.3, 0.4) is 0 Å². The molecule has 0 fully saturated rings. The summed E-state index contributed by atoms with van der Waals surface area (Å²) in [5.41, 5.74) is 1.49. The van der Waals surface area contributed by atoms with Crippen molar-refractivity contribution in [1.29, 1.82) is 0 Å². The Bertz CT molecular complexity index is 344. The molecule has 0 aliphatic rings. The smallest absolute Gasteiger partial charge is 0.328 e. The summed E-state index contributed by atoms with van der Waals surface area (Å²) < 4.78 is 4.66. The number of rotatable bonds is 8. The van der Waals surface area contributed by atoms with E-state index in [4.69, 9.17) is 5.21 Å². The number of nitrogens with one attached hydrogen (secondary N) is 2. The van der Waals surface area contributed by atoms with Crippen LogP contribution >= 0.6 is 0 Å². The normalized spacial score (nSPS) is 13.5. The van der Waals surface area contributed by atoms with Crippen molar-refractivity contribution >= 4 is 17.8 Å². The second kappa shape index (κ2) is 9.30. The summed E-state index contributed by atoms with van der Waals surface area (Å²) in [5, 5.41) is 11.1. The summed E-state index contributed by atoms with van der Waals surface area (Å²) in [6.07, 6.45) is 0.754. The molecule has 0 aliphatic heterocycles. The van der Waals surface area contributed by atoms with Gasteiger partial charge in [-0.15, -0.1) is 0 Å². The lowest BCUT2D eigenvalue weighted by Crippen LogP contribution is -2.45. The summed E-state index contributed by atoms with van der Waals surface area (Å²) in [4.78, 5) is 34.8. The van der Waals surface area contributed by atoms with Crippen LogP contribution in [-0.4, -0.2) is 36.1 Å². The molecule has 0 aromatic heterocycles. The van der Waals surface area contributed by atoms with Gasteiger partial charge in [-0.25, -0.2) is 10.3 Å². The number of esters is 1. The maximum atomic E-state index is 12.1. The van der Waals surface area contributed by atoms with E-state index in [0.717, 1.165) is 0 Å². The molecule has 0 saturated carbocycles. The van der Waals surface area contributed by atoms with Gasteiger partial charge in [-0.2, -0.15) is 0 Å². The molecule has 20 heavy (non-hydrogen) atoms. The molecule has 0 aromatic rings. The predicted molar refractivity (Wildman–Crippen MR) is 71.7 cm³/mol. The number of amides is 2. The average molecular weight is 288 g/mol. The lowest BCUT2D eigenvalue weighted by Gasteiger charge is -2.21. The van der Waals surface area contributed by atoms with Gasteiger partial charge in [0.05, 0.1) is 7.11 Å². The predicted octanol–water partition coefficient (Wildman–Crippen LogP) is 0.612. The van der Waals surface area contributed by atoms with Crippen molar-refractivity contribution in [2.75, 3.05) is 7.11 Å². The van der Waals surface area contributed by atoms with Gasteiger partial charge in [0.1, 0.15) is 6.04 Å². The molecule has 7 heteroatoms. The molecule has 0 saturated heterocycles. The molecule has 0 aromatic carbocycles. The highest BCUT2D eigenvalue weighted by Crippen LogP contribution is 2.11. The van der Waals surface area contributed by atoms with Crippen LogP contribution < -0.4 is 10.8 Å². The minimum Gasteiger partial charge on any atom is -0.467 e. The highest BCUT2D eigenvalue weighted by molar-refractivity contribution is 5.88. The average Bonchev–Trinajstić information content (AvgIpc) is 2.41. The van der Waals surface area contributed by atoms with E-state index in [0.29, 0.717) is 12.8 Å². The number of hydrogen-bond donors (Lipinski definition) is 3. The first kappa shape index (κ1) is 18.4. The van der Waals surface area contributed by atoms with E-state index in [9.17, 15) is 14.4 Å². The Balaban J connectivity index is 4.70. The van der Waals surface area contributed by atoms with Gasteiger partial charge in [-0.1, -0.05) is 20.8 Å². The maximum Gasteiger partial charge on any atom is 0.328 e. The third-order valence-corrected chi connectivity index (χ3v) is 2.93. The highest BCUT2D eigenvalue weighted by Gasteiger charge is 2.27. The number of methoxy groups -OCH3 is 1. The van der Waals surface area contributed by atoms with Crippen molar-refractivity contribution < 1.29 is 24.3 Å². The van der Waals surface area contributed by atoms with E-state index >= 15 is 0 Å². The van der Waals surface area contributed by atoms with Crippen LogP contribution in [0.25, 0.3) is 0 Å². The summed E-state index contributed by atoms with van der Waals surface area (Å²) >= 11 is 0. The lowest BCUT2D eigenvalue weighted by atomic mass is 9.98. The van der Waals surface area contributed by atoms with Crippen molar-refractivity contribution in [3.63, 3.8) is 0 Å². The summed E-state index contributed by atoms with van der Waals surface area (Å²) in [5.74, 6) is -1.92. The first-order valence-electron chi connectivity index (χ1n) is 6.66. The highest BCUT2D eigenvalue weighted by atomic mass is 16.5. The number of ether oxygens (including phenoxy) is 1. The summed E-state index contributed by atoms with van der Waals surface area (Å²) in [6, 6.07) is -0.723. The van der Waals surface area contributed by atoms with Gasteiger partial charge in [-0.05, 0) is 18.8 Å². The Morgan fingerprint density at radius 3 is 2.25 bits per heavy atom. The third kappa shape index (κ3) is 6.51. The van der Waals surface area contributed by atoms with Crippen LogP contribution in [0.15, 0.2) is 0 Å². The van der Waals surface area contributed by atoms with Gasteiger partial charge < -0.3 is 10.1 Å². The fourth-order valence-electron chi connectivity index (χ4n) is 1.81. The van der Waals surface area contributed by atoms with Crippen LogP contribution in [0.2, 0.25) is 0 Å². The van der Waals surface area contributed by atoms with Crippen LogP contribution in [-0.2, 0) is 19.1 Å². The summed E-state index contributed by atoms with van der Waals surface area (Å²) in [7, 11) is 1.26. The van der Waals surface area contributed by atoms with Crippen LogP contribution in [0.5, 0.6) is 0 Å². The number of hydrogen-bond acceptors (Lipinski definition) is 5. The Hall–Kier alpha value is -1.63. The Morgan fingerprint density at radius 2 is 1.85 bits per heavy atom. The minimum absolute atomic E-state index is 0.131. The van der Waals surface area contributed by atoms with Gasteiger partial charge >= 0.3 is 5.97 Å². The van der Waals surface area contributed by atoms with E-state index < -0.39 is 29.7 Å². The Kier molecular flexibility index (Phi) is 8.54. The Labute approximate surface area is 119 Å². The minimum atomic E-state index is -0.723. The zero-order valence-corrected chi connectivity index (χ0v) is 12.4. The number of hydroxylamine groups is 1. The Morgan fingerprint density at radius 1 is 1.25 bits per heavy atom. The van der Waals surface area contributed by atoms with E-state index in [-0.39, 0.29) is 12.3 Å². The molecule has 3 N–H and O–H groups in total. The molecule has 0 spiro atoms. The number of carbonyl (C=O) groups excluding carboxylic acids is 3. The quantitative estimate of drug-likeness (QED) is 0.345. The molecule has 2 amide bonds. The zero-order valence-electron chi connectivity index (χ0n) is 12.4. The number of carbonyl (C=O) groups is 3. The molecule has 0 rings (SSSR count). The maximum absolute atomic E-state index is 12.1. The first-order valence-corrected chi connectivity index (χ1v) is 6.66. The molecular weight excluding hydrogens is 264 g/mol. The molecule has 0 bridgehead atoms. The molecule has 0 radical (unpaired) electrons. The monoisotopic (exact) mass is 288 g/mol. The van der Waals surface area contributed by atoms with Crippen LogP contribution in [0, 0.1) is 11.8 Å². The van der Waals surface area contributed by atoms with E-state index in [1.807, 2.05) is 13.8 Å². The molecule has 7 nitrogen and oxygen atoms in total. The van der Waals surface area contributed by atoms with E-state index in [1.165, 1.54) is 12.6 Å². The van der Waals surface area contributed by atoms with Crippen molar-refractivity contribution in [2.45, 2.75) is 46.1 Å². The molecule has 0 aliphatic carbocycles. The van der Waals surface area contributed by atoms with Crippen LogP contribution in [0.1, 0.15) is 40.0 Å². The standard InChI is InChI=1S/C13H24N2O5/c1-5-9(7-11(16)15-19)12(17)14-10(6-8(2)3)13(18)20-4/h8-10,19H,5-7H2,1-4H3,(H,14,17)(H,15,16)/t9-,10+/m1/s1. The third-order valence-electron chi connectivity index (χ3n) is 2.93. The summed E-state index contributed by atoms with van der Waals surface area (Å²) in [6.45, 7) is 5.61. The fourth-order valence-corrected chi connectivity index (χ4v) is 1.81. The largest absolute Gasteiger partial charge is 0.467 e. The molecule has 0 heterocycles. The molecule has 2 atom stereocenters. The molecule has 0 unspecified atom stereocenters. The lowest BCUT2D eigenvalue weighted by molar-refractivity contribution is -0.146. The van der Waals surface area contributed by atoms with Gasteiger partial charge in [0.15, 0.2) is 0 Å². The van der Waals surface area contributed by atoms with Gasteiger partial charge in [0.2, 0.25) is 11.8 Å². The van der Waals surface area contributed by atoms with Gasteiger partial charge in [0, 0.05) is 12.3 Å². The van der Waals surface area contributed by atoms with Gasteiger partial charge in [-0.3, -0.25) is 14.8 Å². The first-order chi connectivity index (χ1) is 9.35. The van der Waals surface area contributed by atoms with Crippen LogP contribution in [0.4, 0.5) is 0 Å². The molecule has 116 valence electrons. The topological polar surface area (TPSA) is 105 Å². The second-order valence-corrected chi connectivity index (χ2v) is 5.06.